The van der Waals surface area contributed by atoms with Crippen LogP contribution in [0, 0.1) is 5.82 Å². The highest BCUT2D eigenvalue weighted by Crippen LogP contribution is 2.36. The van der Waals surface area contributed by atoms with E-state index in [0.29, 0.717) is 5.33 Å². The van der Waals surface area contributed by atoms with Gasteiger partial charge in [0.1, 0.15) is 5.82 Å². The number of benzene rings is 1. The smallest absolute Gasteiger partial charge is 0.399 e. The molecular weight excluding hydrogens is 298 g/mol. The molecule has 0 unspecified atom stereocenters. The molecule has 1 aromatic carbocycles. The molecule has 98 valence electrons. The second-order valence-corrected chi connectivity index (χ2v) is 6.18. The fourth-order valence-electron chi connectivity index (χ4n) is 1.87. The monoisotopic (exact) mass is 314 g/mol. The van der Waals surface area contributed by atoms with Crippen LogP contribution in [-0.2, 0) is 14.6 Å². The fourth-order valence-corrected chi connectivity index (χ4v) is 2.19. The Balaban J connectivity index is 2.32. The van der Waals surface area contributed by atoms with Crippen molar-refractivity contribution in [1.29, 1.82) is 0 Å². The zero-order chi connectivity index (χ0) is 13.6. The van der Waals surface area contributed by atoms with Gasteiger partial charge >= 0.3 is 7.12 Å². The van der Waals surface area contributed by atoms with Crippen LogP contribution >= 0.6 is 15.9 Å². The SMILES string of the molecule is CC1(C)OB(c2cc(F)cc(CBr)c2)OC1(C)C. The molecule has 1 heterocycles. The molecule has 2 rings (SSSR count). The molecule has 1 aliphatic rings. The van der Waals surface area contributed by atoms with Crippen LogP contribution in [0.3, 0.4) is 0 Å². The molecule has 0 N–H and O–H groups in total. The minimum Gasteiger partial charge on any atom is -0.399 e. The van der Waals surface area contributed by atoms with Gasteiger partial charge in [-0.25, -0.2) is 4.39 Å². The van der Waals surface area contributed by atoms with Crippen LogP contribution in [-0.4, -0.2) is 18.3 Å². The summed E-state index contributed by atoms with van der Waals surface area (Å²) in [5.74, 6) is -0.267. The summed E-state index contributed by atoms with van der Waals surface area (Å²) in [4.78, 5) is 0. The Morgan fingerprint density at radius 2 is 1.67 bits per heavy atom. The van der Waals surface area contributed by atoms with Crippen molar-refractivity contribution in [3.63, 3.8) is 0 Å². The minimum absolute atomic E-state index is 0.267. The molecule has 1 saturated heterocycles. The van der Waals surface area contributed by atoms with Crippen molar-refractivity contribution < 1.29 is 13.7 Å². The first-order chi connectivity index (χ1) is 8.25. The quantitative estimate of drug-likeness (QED) is 0.617. The third kappa shape index (κ3) is 2.49. The summed E-state index contributed by atoms with van der Waals surface area (Å²) in [5, 5.41) is 0.608. The van der Waals surface area contributed by atoms with E-state index >= 15 is 0 Å². The highest BCUT2D eigenvalue weighted by molar-refractivity contribution is 9.08. The van der Waals surface area contributed by atoms with Gasteiger partial charge in [-0.3, -0.25) is 0 Å². The molecule has 0 amide bonds. The zero-order valence-electron chi connectivity index (χ0n) is 11.1. The van der Waals surface area contributed by atoms with Gasteiger partial charge in [-0.2, -0.15) is 0 Å². The van der Waals surface area contributed by atoms with E-state index < -0.39 is 18.3 Å². The summed E-state index contributed by atoms with van der Waals surface area (Å²) in [7, 11) is -0.511. The van der Waals surface area contributed by atoms with Crippen LogP contribution in [0.1, 0.15) is 33.3 Å². The number of rotatable bonds is 2. The van der Waals surface area contributed by atoms with Gasteiger partial charge in [0.15, 0.2) is 0 Å². The van der Waals surface area contributed by atoms with Gasteiger partial charge in [0.25, 0.3) is 0 Å². The van der Waals surface area contributed by atoms with Gasteiger partial charge in [-0.15, -0.1) is 0 Å². The third-order valence-corrected chi connectivity index (χ3v) is 4.31. The zero-order valence-corrected chi connectivity index (χ0v) is 12.7. The summed E-state index contributed by atoms with van der Waals surface area (Å²) in [6.07, 6.45) is 0. The standard InChI is InChI=1S/C13H17BBrFO2/c1-12(2)13(3,4)18-14(17-12)10-5-9(8-15)6-11(16)7-10/h5-7H,8H2,1-4H3. The topological polar surface area (TPSA) is 18.5 Å². The van der Waals surface area contributed by atoms with Crippen LogP contribution in [0.25, 0.3) is 0 Å². The molecule has 18 heavy (non-hydrogen) atoms. The van der Waals surface area contributed by atoms with Crippen molar-refractivity contribution in [2.45, 2.75) is 44.2 Å². The number of hydrogen-bond acceptors (Lipinski definition) is 2. The van der Waals surface area contributed by atoms with Crippen molar-refractivity contribution in [3.8, 4) is 0 Å². The predicted molar refractivity (Wildman–Crippen MR) is 74.7 cm³/mol. The lowest BCUT2D eigenvalue weighted by molar-refractivity contribution is 0.00578. The Morgan fingerprint density at radius 3 is 2.17 bits per heavy atom. The van der Waals surface area contributed by atoms with Crippen LogP contribution in [0.4, 0.5) is 4.39 Å². The van der Waals surface area contributed by atoms with E-state index in [4.69, 9.17) is 9.31 Å². The van der Waals surface area contributed by atoms with Gasteiger partial charge in [0, 0.05) is 5.33 Å². The van der Waals surface area contributed by atoms with Crippen molar-refractivity contribution in [2.24, 2.45) is 0 Å². The molecule has 0 spiro atoms. The molecule has 1 fully saturated rings. The third-order valence-electron chi connectivity index (χ3n) is 3.66. The Morgan fingerprint density at radius 1 is 1.11 bits per heavy atom. The maximum absolute atomic E-state index is 13.5. The number of alkyl halides is 1. The van der Waals surface area contributed by atoms with Crippen LogP contribution in [0.2, 0.25) is 0 Å². The van der Waals surface area contributed by atoms with E-state index in [1.807, 2.05) is 33.8 Å². The van der Waals surface area contributed by atoms with Crippen LogP contribution < -0.4 is 5.46 Å². The van der Waals surface area contributed by atoms with E-state index in [-0.39, 0.29) is 5.82 Å². The minimum atomic E-state index is -0.511. The van der Waals surface area contributed by atoms with Gasteiger partial charge in [0.2, 0.25) is 0 Å². The summed E-state index contributed by atoms with van der Waals surface area (Å²) in [6.45, 7) is 7.94. The molecule has 0 radical (unpaired) electrons. The average Bonchev–Trinajstić information content (AvgIpc) is 2.47. The van der Waals surface area contributed by atoms with E-state index in [1.165, 1.54) is 12.1 Å². The van der Waals surface area contributed by atoms with Crippen LogP contribution in [0.5, 0.6) is 0 Å². The van der Waals surface area contributed by atoms with Gasteiger partial charge in [-0.1, -0.05) is 22.0 Å². The molecule has 0 aliphatic carbocycles. The van der Waals surface area contributed by atoms with E-state index in [1.54, 1.807) is 0 Å². The van der Waals surface area contributed by atoms with Crippen LogP contribution in [0.15, 0.2) is 18.2 Å². The second-order valence-electron chi connectivity index (χ2n) is 5.61. The van der Waals surface area contributed by atoms with E-state index in [9.17, 15) is 4.39 Å². The number of hydrogen-bond donors (Lipinski definition) is 0. The van der Waals surface area contributed by atoms with Gasteiger partial charge in [0.05, 0.1) is 11.2 Å². The first-order valence-corrected chi connectivity index (χ1v) is 7.08. The van der Waals surface area contributed by atoms with Crippen molar-refractivity contribution in [2.75, 3.05) is 0 Å². The van der Waals surface area contributed by atoms with E-state index in [2.05, 4.69) is 15.9 Å². The molecule has 0 aromatic heterocycles. The summed E-state index contributed by atoms with van der Waals surface area (Å²) in [6, 6.07) is 4.87. The van der Waals surface area contributed by atoms with Crippen molar-refractivity contribution in [1.82, 2.24) is 0 Å². The molecule has 2 nitrogen and oxygen atoms in total. The van der Waals surface area contributed by atoms with Gasteiger partial charge in [-0.05, 0) is 50.9 Å². The Hall–Kier alpha value is -0.385. The average molecular weight is 315 g/mol. The Kier molecular flexibility index (Phi) is 3.60. The molecular formula is C13H17BBrFO2. The lowest BCUT2D eigenvalue weighted by atomic mass is 9.78. The molecule has 0 saturated carbocycles. The normalized spacial score (nSPS) is 21.3. The number of halogens is 2. The fraction of sp³-hybridized carbons (Fsp3) is 0.538. The highest BCUT2D eigenvalue weighted by Gasteiger charge is 2.51. The highest BCUT2D eigenvalue weighted by atomic mass is 79.9. The summed E-state index contributed by atoms with van der Waals surface area (Å²) in [5.41, 5.74) is 0.791. The Labute approximate surface area is 116 Å². The van der Waals surface area contributed by atoms with E-state index in [0.717, 1.165) is 11.0 Å². The van der Waals surface area contributed by atoms with Crippen molar-refractivity contribution in [3.05, 3.63) is 29.6 Å². The van der Waals surface area contributed by atoms with Crippen molar-refractivity contribution >= 4 is 28.5 Å². The molecule has 1 aliphatic heterocycles. The van der Waals surface area contributed by atoms with Gasteiger partial charge < -0.3 is 9.31 Å². The lowest BCUT2D eigenvalue weighted by Crippen LogP contribution is -2.41. The second kappa shape index (κ2) is 4.62. The Bertz CT molecular complexity index is 446. The first kappa shape index (κ1) is 14.0. The molecule has 0 atom stereocenters. The maximum Gasteiger partial charge on any atom is 0.494 e. The predicted octanol–water partition coefficient (Wildman–Crippen LogP) is 3.02. The maximum atomic E-state index is 13.5. The largest absolute Gasteiger partial charge is 0.494 e. The molecule has 5 heteroatoms. The first-order valence-electron chi connectivity index (χ1n) is 5.96. The summed E-state index contributed by atoms with van der Waals surface area (Å²) >= 11 is 3.33. The molecule has 0 bridgehead atoms. The molecule has 1 aromatic rings. The summed E-state index contributed by atoms with van der Waals surface area (Å²) < 4.78 is 25.3. The lowest BCUT2D eigenvalue weighted by Gasteiger charge is -2.32.